The second-order valence-electron chi connectivity index (χ2n) is 7.13. The molecule has 1 aliphatic rings. The number of anilines is 1. The van der Waals surface area contributed by atoms with Gasteiger partial charge in [-0.15, -0.1) is 0 Å². The number of para-hydroxylation sites is 1. The van der Waals surface area contributed by atoms with Crippen molar-refractivity contribution in [3.05, 3.63) is 48.2 Å². The molecular formula is C21H27N5O. The molecule has 1 N–H and O–H groups in total. The quantitative estimate of drug-likeness (QED) is 0.652. The first kappa shape index (κ1) is 17.8. The molecule has 0 bridgehead atoms. The van der Waals surface area contributed by atoms with Gasteiger partial charge >= 0.3 is 0 Å². The average molecular weight is 365 g/mol. The van der Waals surface area contributed by atoms with E-state index in [-0.39, 0.29) is 0 Å². The van der Waals surface area contributed by atoms with E-state index in [0.29, 0.717) is 12.5 Å². The number of benzene rings is 1. The predicted molar refractivity (Wildman–Crippen MR) is 108 cm³/mol. The molecule has 1 aliphatic heterocycles. The number of aromatic nitrogens is 3. The molecule has 0 aliphatic carbocycles. The van der Waals surface area contributed by atoms with Gasteiger partial charge in [-0.3, -0.25) is 10.00 Å². The number of fused-ring (bicyclic) bond motifs is 1. The molecule has 0 atom stereocenters. The molecule has 0 amide bonds. The number of aryl methyl sites for hydroxylation is 1. The summed E-state index contributed by atoms with van der Waals surface area (Å²) in [6, 6.07) is 12.6. The first-order valence-electron chi connectivity index (χ1n) is 9.75. The minimum atomic E-state index is 0.665. The average Bonchev–Trinajstić information content (AvgIpc) is 3.17. The van der Waals surface area contributed by atoms with Crippen molar-refractivity contribution in [2.24, 2.45) is 0 Å². The van der Waals surface area contributed by atoms with E-state index in [1.165, 1.54) is 11.3 Å². The second kappa shape index (κ2) is 8.39. The van der Waals surface area contributed by atoms with Gasteiger partial charge in [0.2, 0.25) is 5.88 Å². The van der Waals surface area contributed by atoms with Crippen LogP contribution in [0.2, 0.25) is 0 Å². The van der Waals surface area contributed by atoms with Crippen LogP contribution in [-0.2, 0) is 0 Å². The number of hydrogen-bond donors (Lipinski definition) is 1. The van der Waals surface area contributed by atoms with Gasteiger partial charge in [-0.2, -0.15) is 10.1 Å². The van der Waals surface area contributed by atoms with Gasteiger partial charge in [-0.05, 0) is 44.0 Å². The summed E-state index contributed by atoms with van der Waals surface area (Å²) in [5, 5.41) is 7.86. The Bertz CT molecular complexity index is 870. The van der Waals surface area contributed by atoms with Gasteiger partial charge in [0.25, 0.3) is 0 Å². The molecule has 2 aromatic heterocycles. The van der Waals surface area contributed by atoms with Gasteiger partial charge in [-0.1, -0.05) is 18.2 Å². The molecule has 0 spiro atoms. The fraction of sp³-hybridized carbons (Fsp3) is 0.429. The van der Waals surface area contributed by atoms with E-state index in [2.05, 4.69) is 56.2 Å². The lowest BCUT2D eigenvalue weighted by Gasteiger charge is -2.36. The maximum absolute atomic E-state index is 5.78. The Morgan fingerprint density at radius 2 is 1.89 bits per heavy atom. The molecule has 1 saturated heterocycles. The summed E-state index contributed by atoms with van der Waals surface area (Å²) in [7, 11) is 0. The fourth-order valence-corrected chi connectivity index (χ4v) is 3.63. The van der Waals surface area contributed by atoms with Crippen molar-refractivity contribution in [3.63, 3.8) is 0 Å². The smallest absolute Gasteiger partial charge is 0.215 e. The van der Waals surface area contributed by atoms with Gasteiger partial charge in [0.1, 0.15) is 0 Å². The lowest BCUT2D eigenvalue weighted by molar-refractivity contribution is 0.236. The van der Waals surface area contributed by atoms with Crippen LogP contribution in [0.25, 0.3) is 11.0 Å². The van der Waals surface area contributed by atoms with E-state index in [4.69, 9.17) is 4.74 Å². The Morgan fingerprint density at radius 1 is 1.04 bits per heavy atom. The largest absolute Gasteiger partial charge is 0.478 e. The maximum Gasteiger partial charge on any atom is 0.215 e. The highest BCUT2D eigenvalue weighted by molar-refractivity contribution is 5.74. The molecular weight excluding hydrogens is 338 g/mol. The Morgan fingerprint density at radius 3 is 2.74 bits per heavy atom. The Balaban J connectivity index is 1.15. The second-order valence-corrected chi connectivity index (χ2v) is 7.13. The zero-order valence-electron chi connectivity index (χ0n) is 15.9. The summed E-state index contributed by atoms with van der Waals surface area (Å²) >= 11 is 0. The van der Waals surface area contributed by atoms with Crippen LogP contribution in [0.4, 0.5) is 5.69 Å². The molecule has 1 fully saturated rings. The number of rotatable bonds is 7. The molecule has 3 heterocycles. The Labute approximate surface area is 160 Å². The highest BCUT2D eigenvalue weighted by atomic mass is 16.5. The van der Waals surface area contributed by atoms with E-state index in [9.17, 15) is 0 Å². The van der Waals surface area contributed by atoms with Crippen molar-refractivity contribution in [3.8, 4) is 5.88 Å². The number of unbranched alkanes of at least 4 members (excludes halogenated alkanes) is 1. The highest BCUT2D eigenvalue weighted by Crippen LogP contribution is 2.21. The van der Waals surface area contributed by atoms with Crippen molar-refractivity contribution in [2.75, 3.05) is 44.2 Å². The van der Waals surface area contributed by atoms with Crippen molar-refractivity contribution < 1.29 is 4.74 Å². The van der Waals surface area contributed by atoms with Gasteiger partial charge in [0, 0.05) is 43.3 Å². The summed E-state index contributed by atoms with van der Waals surface area (Å²) in [5.41, 5.74) is 3.52. The molecule has 27 heavy (non-hydrogen) atoms. The highest BCUT2D eigenvalue weighted by Gasteiger charge is 2.17. The molecule has 3 aromatic rings. The summed E-state index contributed by atoms with van der Waals surface area (Å²) < 4.78 is 5.78. The third kappa shape index (κ3) is 4.39. The lowest BCUT2D eigenvalue weighted by atomic mass is 10.1. The SMILES string of the molecule is Cc1ccccc1N1CCN(CCCCOc2ccc3cn[nH]c3n2)CC1. The van der Waals surface area contributed by atoms with E-state index in [0.717, 1.165) is 56.6 Å². The van der Waals surface area contributed by atoms with Crippen molar-refractivity contribution in [2.45, 2.75) is 19.8 Å². The Hall–Kier alpha value is -2.60. The number of hydrogen-bond acceptors (Lipinski definition) is 5. The van der Waals surface area contributed by atoms with Crippen LogP contribution in [0.15, 0.2) is 42.6 Å². The van der Waals surface area contributed by atoms with Crippen LogP contribution >= 0.6 is 0 Å². The lowest BCUT2D eigenvalue weighted by Crippen LogP contribution is -2.46. The van der Waals surface area contributed by atoms with Crippen LogP contribution in [-0.4, -0.2) is 59.4 Å². The minimum Gasteiger partial charge on any atom is -0.478 e. The van der Waals surface area contributed by atoms with E-state index < -0.39 is 0 Å². The van der Waals surface area contributed by atoms with Crippen molar-refractivity contribution >= 4 is 16.7 Å². The van der Waals surface area contributed by atoms with Gasteiger partial charge in [0.15, 0.2) is 5.65 Å². The van der Waals surface area contributed by atoms with Gasteiger partial charge in [0.05, 0.1) is 12.8 Å². The van der Waals surface area contributed by atoms with Gasteiger partial charge in [-0.25, -0.2) is 0 Å². The zero-order chi connectivity index (χ0) is 18.5. The number of nitrogens with one attached hydrogen (secondary N) is 1. The number of aromatic amines is 1. The third-order valence-corrected chi connectivity index (χ3v) is 5.22. The molecule has 4 rings (SSSR count). The van der Waals surface area contributed by atoms with Crippen molar-refractivity contribution in [1.82, 2.24) is 20.1 Å². The summed E-state index contributed by atoms with van der Waals surface area (Å²) in [4.78, 5) is 9.48. The Kier molecular flexibility index (Phi) is 5.53. The predicted octanol–water partition coefficient (Wildman–Crippen LogP) is 3.25. The summed E-state index contributed by atoms with van der Waals surface area (Å²) in [5.74, 6) is 0.665. The van der Waals surface area contributed by atoms with Gasteiger partial charge < -0.3 is 9.64 Å². The van der Waals surface area contributed by atoms with Crippen LogP contribution in [0, 0.1) is 6.92 Å². The summed E-state index contributed by atoms with van der Waals surface area (Å²) in [6.45, 7) is 8.51. The molecule has 6 heteroatoms. The van der Waals surface area contributed by atoms with Crippen LogP contribution < -0.4 is 9.64 Å². The molecule has 0 radical (unpaired) electrons. The number of nitrogens with zero attached hydrogens (tertiary/aromatic N) is 4. The normalized spacial score (nSPS) is 15.4. The van der Waals surface area contributed by atoms with E-state index >= 15 is 0 Å². The molecule has 142 valence electrons. The molecule has 1 aromatic carbocycles. The van der Waals surface area contributed by atoms with Crippen LogP contribution in [0.3, 0.4) is 0 Å². The van der Waals surface area contributed by atoms with Crippen LogP contribution in [0.1, 0.15) is 18.4 Å². The van der Waals surface area contributed by atoms with E-state index in [1.54, 1.807) is 6.20 Å². The number of piperazine rings is 1. The monoisotopic (exact) mass is 365 g/mol. The number of H-pyrrole nitrogens is 1. The minimum absolute atomic E-state index is 0.665. The first-order chi connectivity index (χ1) is 13.3. The standard InChI is InChI=1S/C21H27N5O/c1-17-6-2-3-7-19(17)26-13-11-25(12-14-26)10-4-5-15-27-20-9-8-18-16-22-24-21(18)23-20/h2-3,6-9,16H,4-5,10-15H2,1H3,(H,22,23,24). The van der Waals surface area contributed by atoms with Crippen molar-refractivity contribution in [1.29, 1.82) is 0 Å². The molecule has 0 saturated carbocycles. The first-order valence-corrected chi connectivity index (χ1v) is 9.75. The summed E-state index contributed by atoms with van der Waals surface area (Å²) in [6.07, 6.45) is 3.96. The fourth-order valence-electron chi connectivity index (χ4n) is 3.63. The van der Waals surface area contributed by atoms with Crippen LogP contribution in [0.5, 0.6) is 5.88 Å². The molecule has 6 nitrogen and oxygen atoms in total. The number of pyridine rings is 1. The zero-order valence-corrected chi connectivity index (χ0v) is 15.9. The van der Waals surface area contributed by atoms with E-state index in [1.807, 2.05) is 12.1 Å². The number of ether oxygens (including phenoxy) is 1. The third-order valence-electron chi connectivity index (χ3n) is 5.22. The topological polar surface area (TPSA) is 57.3 Å². The maximum atomic E-state index is 5.78. The molecule has 0 unspecified atom stereocenters.